The fourth-order valence-corrected chi connectivity index (χ4v) is 7.33. The van der Waals surface area contributed by atoms with Crippen molar-refractivity contribution in [2.75, 3.05) is 0 Å². The Kier molecular flexibility index (Phi) is 3.01. The predicted octanol–water partition coefficient (Wildman–Crippen LogP) is 5.04. The Balaban J connectivity index is 1.90. The number of rotatable bonds is 1. The SMILES string of the molecule is CC1(C)[C@@H]2C[C@H]1c1cc(-c3c(Cl)cccc3Cl)[se]c1C2=O. The first-order valence-corrected chi connectivity index (χ1v) is 9.50. The number of benzene rings is 1. The topological polar surface area (TPSA) is 17.1 Å². The molecule has 2 aromatic rings. The molecular weight excluding hydrogens is 370 g/mol. The molecule has 0 radical (unpaired) electrons. The standard InChI is InChI=1S/C17H14Cl2OSe/c1-17(2)9-7-10(17)15(20)16-8(9)6-13(21-16)14-11(18)4-3-5-12(14)19/h3-6,9-10H,7H2,1-2H3/t9-,10+/m0/s1. The number of halogens is 2. The van der Waals surface area contributed by atoms with Crippen LogP contribution >= 0.6 is 23.2 Å². The third-order valence-corrected chi connectivity index (χ3v) is 8.27. The number of ketones is 1. The van der Waals surface area contributed by atoms with Gasteiger partial charge in [-0.1, -0.05) is 0 Å². The molecule has 21 heavy (non-hydrogen) atoms. The molecule has 0 amide bonds. The van der Waals surface area contributed by atoms with Gasteiger partial charge in [0.2, 0.25) is 0 Å². The van der Waals surface area contributed by atoms with Crippen molar-refractivity contribution < 1.29 is 4.79 Å². The molecule has 0 spiro atoms. The van der Waals surface area contributed by atoms with E-state index < -0.39 is 0 Å². The van der Waals surface area contributed by atoms with Crippen molar-refractivity contribution in [3.05, 3.63) is 44.3 Å². The molecule has 0 unspecified atom stereocenters. The van der Waals surface area contributed by atoms with Crippen molar-refractivity contribution in [2.45, 2.75) is 26.2 Å². The van der Waals surface area contributed by atoms with Crippen LogP contribution in [0.1, 0.15) is 41.0 Å². The van der Waals surface area contributed by atoms with Gasteiger partial charge in [-0.3, -0.25) is 0 Å². The molecule has 0 saturated heterocycles. The van der Waals surface area contributed by atoms with Crippen LogP contribution in [0.25, 0.3) is 10.0 Å². The Bertz CT molecular complexity index is 755. The molecule has 5 rings (SSSR count). The average molecular weight is 384 g/mol. The molecule has 1 heterocycles. The number of hydrogen-bond acceptors (Lipinski definition) is 1. The second kappa shape index (κ2) is 4.49. The minimum atomic E-state index is 0.0362. The maximum atomic E-state index is 12.7. The number of carbonyl (C=O) groups is 1. The summed E-state index contributed by atoms with van der Waals surface area (Å²) in [5, 5.41) is 1.35. The van der Waals surface area contributed by atoms with Crippen molar-refractivity contribution in [1.82, 2.24) is 0 Å². The molecule has 2 bridgehead atoms. The monoisotopic (exact) mass is 384 g/mol. The number of hydrogen-bond donors (Lipinski definition) is 0. The second-order valence-corrected chi connectivity index (χ2v) is 9.54. The maximum absolute atomic E-state index is 12.7. The Morgan fingerprint density at radius 1 is 1.19 bits per heavy atom. The van der Waals surface area contributed by atoms with Crippen LogP contribution in [0.15, 0.2) is 24.3 Å². The summed E-state index contributed by atoms with van der Waals surface area (Å²) in [6, 6.07) is 7.78. The van der Waals surface area contributed by atoms with E-state index >= 15 is 0 Å². The van der Waals surface area contributed by atoms with Gasteiger partial charge < -0.3 is 0 Å². The van der Waals surface area contributed by atoms with Gasteiger partial charge in [0.15, 0.2) is 0 Å². The molecule has 108 valence electrons. The Hall–Kier alpha value is -0.531. The van der Waals surface area contributed by atoms with Crippen LogP contribution in [0.4, 0.5) is 0 Å². The zero-order chi connectivity index (χ0) is 14.9. The molecule has 2 atom stereocenters. The molecule has 0 N–H and O–H groups in total. The Labute approximate surface area is 140 Å². The molecule has 3 aliphatic rings. The molecule has 4 heteroatoms. The van der Waals surface area contributed by atoms with E-state index in [0.29, 0.717) is 21.7 Å². The third kappa shape index (κ3) is 1.80. The van der Waals surface area contributed by atoms with E-state index in [1.165, 1.54) is 5.56 Å². The van der Waals surface area contributed by atoms with Gasteiger partial charge in [-0.2, -0.15) is 0 Å². The summed E-state index contributed by atoms with van der Waals surface area (Å²) in [6.07, 6.45) is 1.01. The van der Waals surface area contributed by atoms with Crippen LogP contribution in [-0.4, -0.2) is 20.3 Å². The normalized spacial score (nSPS) is 25.4. The molecular formula is C17H14Cl2OSe. The Morgan fingerprint density at radius 3 is 2.48 bits per heavy atom. The van der Waals surface area contributed by atoms with Gasteiger partial charge in [-0.25, -0.2) is 0 Å². The van der Waals surface area contributed by atoms with Crippen molar-refractivity contribution in [3.63, 3.8) is 0 Å². The molecule has 0 aliphatic heterocycles. The zero-order valence-corrected chi connectivity index (χ0v) is 15.0. The summed E-state index contributed by atoms with van der Waals surface area (Å²) in [6.45, 7) is 4.43. The van der Waals surface area contributed by atoms with Gasteiger partial charge >= 0.3 is 140 Å². The zero-order valence-electron chi connectivity index (χ0n) is 11.7. The summed E-state index contributed by atoms with van der Waals surface area (Å²) in [7, 11) is 0. The molecule has 3 aliphatic carbocycles. The fraction of sp³-hybridized carbons (Fsp3) is 0.353. The van der Waals surface area contributed by atoms with Crippen LogP contribution in [0.3, 0.4) is 0 Å². The van der Waals surface area contributed by atoms with Gasteiger partial charge in [0.25, 0.3) is 0 Å². The van der Waals surface area contributed by atoms with Crippen LogP contribution in [0.2, 0.25) is 10.0 Å². The van der Waals surface area contributed by atoms with Crippen LogP contribution in [-0.2, 0) is 0 Å². The summed E-state index contributed by atoms with van der Waals surface area (Å²) in [5.41, 5.74) is 2.29. The summed E-state index contributed by atoms with van der Waals surface area (Å²) >= 11 is 12.7. The molecule has 1 fully saturated rings. The van der Waals surface area contributed by atoms with E-state index in [2.05, 4.69) is 19.9 Å². The number of carbonyl (C=O) groups excluding carboxylic acids is 1. The summed E-state index contributed by atoms with van der Waals surface area (Å²) in [4.78, 5) is 12.7. The molecule has 1 aromatic heterocycles. The quantitative estimate of drug-likeness (QED) is 0.630. The van der Waals surface area contributed by atoms with E-state index in [9.17, 15) is 4.79 Å². The van der Waals surface area contributed by atoms with Crippen molar-refractivity contribution >= 4 is 43.5 Å². The molecule has 1 nitrogen and oxygen atoms in total. The summed E-state index contributed by atoms with van der Waals surface area (Å²) in [5.74, 6) is 1.11. The average Bonchev–Trinajstić information content (AvgIpc) is 2.83. The van der Waals surface area contributed by atoms with E-state index in [1.807, 2.05) is 18.2 Å². The minimum absolute atomic E-state index is 0.0362. The molecule has 1 aromatic carbocycles. The van der Waals surface area contributed by atoms with Gasteiger partial charge in [0.1, 0.15) is 0 Å². The van der Waals surface area contributed by atoms with Gasteiger partial charge in [0, 0.05) is 0 Å². The van der Waals surface area contributed by atoms with E-state index in [0.717, 1.165) is 20.9 Å². The van der Waals surface area contributed by atoms with Crippen molar-refractivity contribution in [3.8, 4) is 10.0 Å². The van der Waals surface area contributed by atoms with Crippen molar-refractivity contribution in [2.24, 2.45) is 11.3 Å². The van der Waals surface area contributed by atoms with Gasteiger partial charge in [-0.15, -0.1) is 0 Å². The first-order chi connectivity index (χ1) is 9.91. The van der Waals surface area contributed by atoms with E-state index in [4.69, 9.17) is 23.2 Å². The number of Topliss-reactive ketones (excluding diaryl/α,β-unsaturated/α-hetero) is 1. The van der Waals surface area contributed by atoms with Crippen LogP contribution in [0, 0.1) is 11.3 Å². The van der Waals surface area contributed by atoms with Crippen LogP contribution < -0.4 is 0 Å². The van der Waals surface area contributed by atoms with E-state index in [1.54, 1.807) is 0 Å². The predicted molar refractivity (Wildman–Crippen MR) is 87.8 cm³/mol. The first kappa shape index (κ1) is 14.1. The second-order valence-electron chi connectivity index (χ2n) is 6.52. The van der Waals surface area contributed by atoms with Crippen LogP contribution in [0.5, 0.6) is 0 Å². The van der Waals surface area contributed by atoms with Crippen molar-refractivity contribution in [1.29, 1.82) is 0 Å². The van der Waals surface area contributed by atoms with E-state index in [-0.39, 0.29) is 25.8 Å². The summed E-state index contributed by atoms with van der Waals surface area (Å²) < 4.78 is 2.22. The fourth-order valence-electron chi connectivity index (χ4n) is 3.77. The molecule has 1 saturated carbocycles. The van der Waals surface area contributed by atoms with Gasteiger partial charge in [0.05, 0.1) is 0 Å². The Morgan fingerprint density at radius 2 is 1.86 bits per heavy atom. The third-order valence-electron chi connectivity index (χ3n) is 5.15. The first-order valence-electron chi connectivity index (χ1n) is 7.03. The van der Waals surface area contributed by atoms with Gasteiger partial charge in [-0.05, 0) is 0 Å².